The molecule has 152 valence electrons. The van der Waals surface area contributed by atoms with Gasteiger partial charge in [-0.05, 0) is 54.6 Å². The third kappa shape index (κ3) is 6.25. The summed E-state index contributed by atoms with van der Waals surface area (Å²) < 4.78 is 24.3. The molecule has 0 heterocycles. The summed E-state index contributed by atoms with van der Waals surface area (Å²) >= 11 is 3.35. The highest BCUT2D eigenvalue weighted by molar-refractivity contribution is 9.10. The molecule has 0 aromatic heterocycles. The van der Waals surface area contributed by atoms with Crippen LogP contribution in [0, 0.1) is 5.82 Å². The van der Waals surface area contributed by atoms with Gasteiger partial charge in [0.25, 0.3) is 5.91 Å². The summed E-state index contributed by atoms with van der Waals surface area (Å²) in [6, 6.07) is 18.9. The van der Waals surface area contributed by atoms with Crippen molar-refractivity contribution in [2.24, 2.45) is 5.10 Å². The molecular formula is C22H16BrFN2O4. The SMILES string of the molecule is O=C(COc1ccc(F)cc1)NN=Cc1cc(Br)ccc1OC(=O)c1ccccc1. The number of halogens is 2. The summed E-state index contributed by atoms with van der Waals surface area (Å²) in [4.78, 5) is 24.2. The van der Waals surface area contributed by atoms with Crippen molar-refractivity contribution >= 4 is 34.0 Å². The van der Waals surface area contributed by atoms with Crippen molar-refractivity contribution in [1.82, 2.24) is 5.43 Å². The highest BCUT2D eigenvalue weighted by Gasteiger charge is 2.11. The van der Waals surface area contributed by atoms with Crippen LogP contribution in [0.5, 0.6) is 11.5 Å². The molecule has 0 aliphatic rings. The van der Waals surface area contributed by atoms with E-state index in [4.69, 9.17) is 9.47 Å². The average molecular weight is 471 g/mol. The highest BCUT2D eigenvalue weighted by Crippen LogP contribution is 2.23. The van der Waals surface area contributed by atoms with Gasteiger partial charge in [-0.25, -0.2) is 14.6 Å². The minimum Gasteiger partial charge on any atom is -0.484 e. The number of carbonyl (C=O) groups excluding carboxylic acids is 2. The molecule has 0 spiro atoms. The maximum Gasteiger partial charge on any atom is 0.343 e. The van der Waals surface area contributed by atoms with E-state index in [1.54, 1.807) is 48.5 Å². The van der Waals surface area contributed by atoms with Gasteiger partial charge in [0.15, 0.2) is 6.61 Å². The monoisotopic (exact) mass is 470 g/mol. The Morgan fingerprint density at radius 1 is 1.03 bits per heavy atom. The number of amides is 1. The van der Waals surface area contributed by atoms with Crippen molar-refractivity contribution in [2.75, 3.05) is 6.61 Å². The van der Waals surface area contributed by atoms with Crippen LogP contribution in [0.1, 0.15) is 15.9 Å². The first-order valence-electron chi connectivity index (χ1n) is 8.78. The van der Waals surface area contributed by atoms with Crippen LogP contribution in [0.15, 0.2) is 82.4 Å². The van der Waals surface area contributed by atoms with Crippen molar-refractivity contribution < 1.29 is 23.5 Å². The minimum absolute atomic E-state index is 0.285. The second-order valence-corrected chi connectivity index (χ2v) is 6.89. The Morgan fingerprint density at radius 2 is 1.77 bits per heavy atom. The van der Waals surface area contributed by atoms with E-state index in [0.29, 0.717) is 16.9 Å². The number of hydrogen-bond donors (Lipinski definition) is 1. The van der Waals surface area contributed by atoms with E-state index in [1.165, 1.54) is 30.5 Å². The molecule has 8 heteroatoms. The Labute approximate surface area is 180 Å². The third-order valence-electron chi connectivity index (χ3n) is 3.76. The molecule has 0 unspecified atom stereocenters. The lowest BCUT2D eigenvalue weighted by atomic mass is 10.2. The molecule has 1 amide bonds. The molecule has 0 saturated carbocycles. The van der Waals surface area contributed by atoms with Crippen molar-refractivity contribution in [3.05, 3.63) is 94.2 Å². The van der Waals surface area contributed by atoms with Crippen LogP contribution in [0.2, 0.25) is 0 Å². The number of carbonyl (C=O) groups is 2. The van der Waals surface area contributed by atoms with Gasteiger partial charge >= 0.3 is 5.97 Å². The van der Waals surface area contributed by atoms with Crippen LogP contribution in [-0.4, -0.2) is 24.7 Å². The molecule has 0 radical (unpaired) electrons. The number of ether oxygens (including phenoxy) is 2. The third-order valence-corrected chi connectivity index (χ3v) is 4.25. The number of nitrogens with zero attached hydrogens (tertiary/aromatic N) is 1. The summed E-state index contributed by atoms with van der Waals surface area (Å²) in [5, 5.41) is 3.87. The largest absolute Gasteiger partial charge is 0.484 e. The minimum atomic E-state index is -0.510. The maximum absolute atomic E-state index is 12.9. The van der Waals surface area contributed by atoms with Gasteiger partial charge < -0.3 is 9.47 Å². The molecule has 0 bridgehead atoms. The van der Waals surface area contributed by atoms with Gasteiger partial charge in [0, 0.05) is 10.0 Å². The lowest BCUT2D eigenvalue weighted by Crippen LogP contribution is -2.24. The Kier molecular flexibility index (Phi) is 7.29. The molecule has 0 fully saturated rings. The van der Waals surface area contributed by atoms with E-state index in [1.807, 2.05) is 0 Å². The molecule has 0 saturated heterocycles. The Balaban J connectivity index is 1.60. The van der Waals surface area contributed by atoms with Crippen LogP contribution < -0.4 is 14.9 Å². The summed E-state index contributed by atoms with van der Waals surface area (Å²) in [7, 11) is 0. The zero-order valence-corrected chi connectivity index (χ0v) is 17.1. The van der Waals surface area contributed by atoms with Gasteiger partial charge in [-0.3, -0.25) is 4.79 Å². The van der Waals surface area contributed by atoms with Gasteiger partial charge in [-0.2, -0.15) is 5.10 Å². The van der Waals surface area contributed by atoms with E-state index >= 15 is 0 Å². The number of hydrogen-bond acceptors (Lipinski definition) is 5. The van der Waals surface area contributed by atoms with Gasteiger partial charge in [0.05, 0.1) is 11.8 Å². The highest BCUT2D eigenvalue weighted by atomic mass is 79.9. The van der Waals surface area contributed by atoms with Crippen molar-refractivity contribution in [2.45, 2.75) is 0 Å². The fourth-order valence-electron chi connectivity index (χ4n) is 2.33. The number of nitrogens with one attached hydrogen (secondary N) is 1. The standard InChI is InChI=1S/C22H16BrFN2O4/c23-17-6-11-20(30-22(28)15-4-2-1-3-5-15)16(12-17)13-25-26-21(27)14-29-19-9-7-18(24)8-10-19/h1-13H,14H2,(H,26,27). The molecule has 0 aliphatic carbocycles. The van der Waals surface area contributed by atoms with Crippen LogP contribution in [0.25, 0.3) is 0 Å². The maximum atomic E-state index is 12.9. The van der Waals surface area contributed by atoms with Crippen LogP contribution in [-0.2, 0) is 4.79 Å². The zero-order chi connectivity index (χ0) is 21.3. The predicted molar refractivity (Wildman–Crippen MR) is 113 cm³/mol. The Morgan fingerprint density at radius 3 is 2.50 bits per heavy atom. The fraction of sp³-hybridized carbons (Fsp3) is 0.0455. The van der Waals surface area contributed by atoms with Gasteiger partial charge in [-0.15, -0.1) is 0 Å². The van der Waals surface area contributed by atoms with E-state index in [2.05, 4.69) is 26.5 Å². The fourth-order valence-corrected chi connectivity index (χ4v) is 2.71. The molecule has 6 nitrogen and oxygen atoms in total. The number of rotatable bonds is 7. The molecule has 3 aromatic carbocycles. The quantitative estimate of drug-likeness (QED) is 0.241. The number of esters is 1. The smallest absolute Gasteiger partial charge is 0.343 e. The molecule has 0 aliphatic heterocycles. The van der Waals surface area contributed by atoms with Crippen LogP contribution in [0.3, 0.4) is 0 Å². The van der Waals surface area contributed by atoms with Crippen LogP contribution >= 0.6 is 15.9 Å². The molecular weight excluding hydrogens is 455 g/mol. The number of hydrazone groups is 1. The lowest BCUT2D eigenvalue weighted by molar-refractivity contribution is -0.123. The second-order valence-electron chi connectivity index (χ2n) is 5.97. The van der Waals surface area contributed by atoms with Gasteiger partial charge in [-0.1, -0.05) is 34.1 Å². The first-order valence-corrected chi connectivity index (χ1v) is 9.57. The van der Waals surface area contributed by atoms with E-state index < -0.39 is 17.7 Å². The second kappa shape index (κ2) is 10.3. The average Bonchev–Trinajstić information content (AvgIpc) is 2.75. The summed E-state index contributed by atoms with van der Waals surface area (Å²) in [5.41, 5.74) is 3.21. The first-order chi connectivity index (χ1) is 14.5. The normalized spacial score (nSPS) is 10.6. The summed E-state index contributed by atoms with van der Waals surface area (Å²) in [6.07, 6.45) is 1.36. The lowest BCUT2D eigenvalue weighted by Gasteiger charge is -2.08. The predicted octanol–water partition coefficient (Wildman–Crippen LogP) is 4.34. The molecule has 1 N–H and O–H groups in total. The van der Waals surface area contributed by atoms with Crippen molar-refractivity contribution in [3.8, 4) is 11.5 Å². The van der Waals surface area contributed by atoms with Crippen molar-refractivity contribution in [1.29, 1.82) is 0 Å². The van der Waals surface area contributed by atoms with E-state index in [9.17, 15) is 14.0 Å². The van der Waals surface area contributed by atoms with E-state index in [-0.39, 0.29) is 12.4 Å². The van der Waals surface area contributed by atoms with E-state index in [0.717, 1.165) is 4.47 Å². The van der Waals surface area contributed by atoms with Gasteiger partial charge in [0.2, 0.25) is 0 Å². The Bertz CT molecular complexity index is 1060. The summed E-state index contributed by atoms with van der Waals surface area (Å²) in [6.45, 7) is -0.294. The topological polar surface area (TPSA) is 77.0 Å². The molecule has 30 heavy (non-hydrogen) atoms. The van der Waals surface area contributed by atoms with Crippen LogP contribution in [0.4, 0.5) is 4.39 Å². The van der Waals surface area contributed by atoms with Gasteiger partial charge in [0.1, 0.15) is 17.3 Å². The zero-order valence-electron chi connectivity index (χ0n) is 15.5. The Hall–Kier alpha value is -3.52. The molecule has 3 rings (SSSR count). The first kappa shape index (κ1) is 21.2. The molecule has 0 atom stereocenters. The van der Waals surface area contributed by atoms with Crippen molar-refractivity contribution in [3.63, 3.8) is 0 Å². The molecule has 3 aromatic rings. The summed E-state index contributed by atoms with van der Waals surface area (Å²) in [5.74, 6) is -0.767. The number of benzene rings is 3.